The molecule has 22 aromatic rings. The molecule has 8 heterocycles. The Balaban J connectivity index is 0.000000147. The van der Waals surface area contributed by atoms with Gasteiger partial charge < -0.3 is 0 Å². The fraction of sp³-hybridized carbons (Fsp3) is 0. The second-order valence-corrected chi connectivity index (χ2v) is 30.7. The molecule has 8 aromatic heterocycles. The molecular formula is C103H63N13S2. The molecule has 118 heavy (non-hydrogen) atoms. The number of pyridine rings is 2. The van der Waals surface area contributed by atoms with Gasteiger partial charge in [-0.05, 0) is 121 Å². The molecule has 0 unspecified atom stereocenters. The van der Waals surface area contributed by atoms with Crippen molar-refractivity contribution in [2.75, 3.05) is 0 Å². The van der Waals surface area contributed by atoms with Crippen LogP contribution in [0, 0.1) is 0 Å². The summed E-state index contributed by atoms with van der Waals surface area (Å²) in [6, 6.07) is 130. The molecule has 0 spiro atoms. The zero-order valence-corrected chi connectivity index (χ0v) is 64.6. The van der Waals surface area contributed by atoms with Crippen LogP contribution in [-0.4, -0.2) is 65.3 Å². The van der Waals surface area contributed by atoms with Crippen LogP contribution >= 0.6 is 22.7 Å². The largest absolute Gasteiger partial charge is 0.254 e. The maximum atomic E-state index is 5.13. The SMILES string of the molecule is c1ccc(-c2ccc(-c3nc(-c4ccccc4)nc(-c4cccc(-c5ccc(-c6ccc(-c7nc8cccnc8c8c7sc7ccccc78)cc6)cc5)c4)n3)cc2)cc1.c1ccc(-c2ccc(-c3nc(-c4ccccc4)nc(-c4cccc(-c5cccc(-c6ccc(-c7nnnc8c7sc7nc9ccccc9nc78)cc6)c5)c4)n3)cc2)cc1. The van der Waals surface area contributed by atoms with Gasteiger partial charge in [0.15, 0.2) is 34.9 Å². The molecule has 0 bridgehead atoms. The third-order valence-electron chi connectivity index (χ3n) is 21.2. The van der Waals surface area contributed by atoms with Gasteiger partial charge in [0.2, 0.25) is 0 Å². The molecular weight excluding hydrogens is 1480 g/mol. The van der Waals surface area contributed by atoms with Crippen LogP contribution in [0.3, 0.4) is 0 Å². The van der Waals surface area contributed by atoms with Crippen molar-refractivity contribution in [1.29, 1.82) is 0 Å². The molecule has 14 aromatic carbocycles. The molecule has 0 radical (unpaired) electrons. The molecule has 0 fully saturated rings. The van der Waals surface area contributed by atoms with Gasteiger partial charge in [0.25, 0.3) is 0 Å². The number of benzene rings is 14. The highest BCUT2D eigenvalue weighted by Gasteiger charge is 2.22. The Morgan fingerprint density at radius 1 is 0.195 bits per heavy atom. The fourth-order valence-corrected chi connectivity index (χ4v) is 17.5. The van der Waals surface area contributed by atoms with Crippen LogP contribution in [0.15, 0.2) is 382 Å². The first kappa shape index (κ1) is 70.3. The number of thiophene rings is 2. The van der Waals surface area contributed by atoms with Crippen LogP contribution in [0.1, 0.15) is 0 Å². The van der Waals surface area contributed by atoms with Crippen LogP contribution in [0.2, 0.25) is 0 Å². The highest BCUT2D eigenvalue weighted by molar-refractivity contribution is 7.26. The lowest BCUT2D eigenvalue weighted by Crippen LogP contribution is -2.00. The molecule has 13 nitrogen and oxygen atoms in total. The van der Waals surface area contributed by atoms with Gasteiger partial charge in [0.05, 0.1) is 37.2 Å². The quantitative estimate of drug-likeness (QED) is 0.101. The first-order chi connectivity index (χ1) is 58.4. The van der Waals surface area contributed by atoms with Gasteiger partial charge in [-0.3, -0.25) is 4.98 Å². The molecule has 0 saturated heterocycles. The summed E-state index contributed by atoms with van der Waals surface area (Å²) in [5.74, 6) is 3.76. The van der Waals surface area contributed by atoms with Crippen molar-refractivity contribution in [1.82, 2.24) is 65.3 Å². The maximum Gasteiger partial charge on any atom is 0.164 e. The van der Waals surface area contributed by atoms with Crippen molar-refractivity contribution in [3.05, 3.63) is 382 Å². The van der Waals surface area contributed by atoms with E-state index in [1.807, 2.05) is 109 Å². The maximum absolute atomic E-state index is 5.13. The molecule has 0 aliphatic carbocycles. The summed E-state index contributed by atoms with van der Waals surface area (Å²) in [5, 5.41) is 15.4. The minimum Gasteiger partial charge on any atom is -0.254 e. The van der Waals surface area contributed by atoms with E-state index in [2.05, 4.69) is 288 Å². The Morgan fingerprint density at radius 2 is 0.534 bits per heavy atom. The monoisotopic (exact) mass is 1550 g/mol. The van der Waals surface area contributed by atoms with Crippen molar-refractivity contribution in [3.63, 3.8) is 0 Å². The lowest BCUT2D eigenvalue weighted by atomic mass is 9.97. The molecule has 22 rings (SSSR count). The van der Waals surface area contributed by atoms with Crippen LogP contribution in [-0.2, 0) is 0 Å². The first-order valence-corrected chi connectivity index (χ1v) is 40.4. The van der Waals surface area contributed by atoms with Gasteiger partial charge in [-0.15, -0.1) is 32.9 Å². The average Bonchev–Trinajstić information content (AvgIpc) is 1.58. The summed E-state index contributed by atoms with van der Waals surface area (Å²) in [7, 11) is 0. The van der Waals surface area contributed by atoms with E-state index < -0.39 is 0 Å². The van der Waals surface area contributed by atoms with E-state index >= 15 is 0 Å². The number of hydrogen-bond acceptors (Lipinski definition) is 15. The predicted molar refractivity (Wildman–Crippen MR) is 481 cm³/mol. The zero-order valence-electron chi connectivity index (χ0n) is 63.0. The summed E-state index contributed by atoms with van der Waals surface area (Å²) in [4.78, 5) is 50.4. The molecule has 0 N–H and O–H groups in total. The highest BCUT2D eigenvalue weighted by Crippen LogP contribution is 2.44. The number of rotatable bonds is 14. The number of para-hydroxylation sites is 2. The minimum absolute atomic E-state index is 0.612. The highest BCUT2D eigenvalue weighted by atomic mass is 32.1. The van der Waals surface area contributed by atoms with Crippen molar-refractivity contribution >= 4 is 85.5 Å². The lowest BCUT2D eigenvalue weighted by molar-refractivity contribution is 0.904. The normalized spacial score (nSPS) is 11.4. The molecule has 0 atom stereocenters. The summed E-state index contributed by atoms with van der Waals surface area (Å²) in [6.45, 7) is 0. The van der Waals surface area contributed by atoms with Crippen LogP contribution in [0.5, 0.6) is 0 Å². The number of aromatic nitrogens is 13. The average molecular weight is 1550 g/mol. The summed E-state index contributed by atoms with van der Waals surface area (Å²) < 4.78 is 3.33. The standard InChI is InChI=1S/C53H33N5S.C50H30N8S/c1-3-11-34(12-4-1)35-26-30-41(31-27-35)52-56-51(40-13-5-2-6-14-40)57-53(58-52)43-16-9-15-42(33-43)38-22-20-36(21-23-38)37-24-28-39(29-25-37)48-50-47(44-17-7-8-19-46(44)59-50)49-45(55-48)18-10-32-54-49;1-3-11-31(12-4-1)32-23-27-36(28-24-32)48-53-47(35-13-5-2-6-14-35)54-49(55-48)40-18-10-17-39(30-40)38-16-9-15-37(29-38)33-21-25-34(26-22-33)43-46-44(57-58-56-43)45-50(59-46)52-42-20-8-7-19-41(42)51-45/h1-33H;1-30H. The lowest BCUT2D eigenvalue weighted by Gasteiger charge is -2.11. The molecule has 0 aliphatic rings. The predicted octanol–water partition coefficient (Wildman–Crippen LogP) is 25.9. The van der Waals surface area contributed by atoms with E-state index in [9.17, 15) is 0 Å². The zero-order chi connectivity index (χ0) is 78.2. The van der Waals surface area contributed by atoms with E-state index in [4.69, 9.17) is 49.8 Å². The van der Waals surface area contributed by atoms with Crippen LogP contribution in [0.4, 0.5) is 0 Å². The summed E-state index contributed by atoms with van der Waals surface area (Å²) in [6.07, 6.45) is 1.85. The molecule has 0 amide bonds. The van der Waals surface area contributed by atoms with Crippen molar-refractivity contribution < 1.29 is 0 Å². The van der Waals surface area contributed by atoms with E-state index in [0.29, 0.717) is 34.9 Å². The second kappa shape index (κ2) is 30.8. The van der Waals surface area contributed by atoms with E-state index in [-0.39, 0.29) is 0 Å². The topological polar surface area (TPSA) is 168 Å². The Bertz CT molecular complexity index is 7510. The minimum atomic E-state index is 0.612. The third kappa shape index (κ3) is 13.9. The van der Waals surface area contributed by atoms with E-state index in [1.165, 1.54) is 25.7 Å². The second-order valence-electron chi connectivity index (χ2n) is 28.6. The summed E-state index contributed by atoms with van der Waals surface area (Å²) in [5.41, 5.74) is 27.8. The fourth-order valence-electron chi connectivity index (χ4n) is 15.2. The van der Waals surface area contributed by atoms with Gasteiger partial charge in [-0.1, -0.05) is 328 Å². The molecule has 552 valence electrons. The van der Waals surface area contributed by atoms with Crippen molar-refractivity contribution in [3.8, 4) is 158 Å². The molecule has 0 saturated carbocycles. The van der Waals surface area contributed by atoms with Crippen molar-refractivity contribution in [2.24, 2.45) is 0 Å². The Labute approximate surface area is 685 Å². The van der Waals surface area contributed by atoms with Gasteiger partial charge in [0, 0.05) is 66.2 Å². The Kier molecular flexibility index (Phi) is 18.3. The number of nitrogens with zero attached hydrogens (tertiary/aromatic N) is 13. The Morgan fingerprint density at radius 3 is 1.02 bits per heavy atom. The van der Waals surface area contributed by atoms with Gasteiger partial charge in [-0.2, -0.15) is 0 Å². The Hall–Kier alpha value is -15.6. The van der Waals surface area contributed by atoms with Gasteiger partial charge in [-0.25, -0.2) is 44.9 Å². The number of fused-ring (bicyclic) bond motifs is 9. The van der Waals surface area contributed by atoms with E-state index in [0.717, 1.165) is 160 Å². The first-order valence-electron chi connectivity index (χ1n) is 38.7. The third-order valence-corrected chi connectivity index (χ3v) is 23.5. The van der Waals surface area contributed by atoms with Gasteiger partial charge >= 0.3 is 0 Å². The molecule has 15 heteroatoms. The van der Waals surface area contributed by atoms with Gasteiger partial charge in [0.1, 0.15) is 21.6 Å². The van der Waals surface area contributed by atoms with E-state index in [1.54, 1.807) is 22.7 Å². The van der Waals surface area contributed by atoms with Crippen molar-refractivity contribution in [2.45, 2.75) is 0 Å². The van der Waals surface area contributed by atoms with Crippen LogP contribution < -0.4 is 0 Å². The molecule has 0 aliphatic heterocycles. The smallest absolute Gasteiger partial charge is 0.164 e. The number of hydrogen-bond donors (Lipinski definition) is 0. The van der Waals surface area contributed by atoms with Crippen LogP contribution in [0.25, 0.3) is 220 Å². The summed E-state index contributed by atoms with van der Waals surface area (Å²) >= 11 is 3.33.